The Morgan fingerprint density at radius 2 is 1.63 bits per heavy atom. The molecule has 1 unspecified atom stereocenters. The Labute approximate surface area is 178 Å². The summed E-state index contributed by atoms with van der Waals surface area (Å²) in [6, 6.07) is 8.43. The first-order valence-corrected chi connectivity index (χ1v) is 11.8. The normalized spacial score (nSPS) is 22.8. The van der Waals surface area contributed by atoms with Crippen molar-refractivity contribution in [2.24, 2.45) is 0 Å². The number of aliphatic hydroxyl groups excluding tert-OH is 1. The fourth-order valence-electron chi connectivity index (χ4n) is 5.85. The summed E-state index contributed by atoms with van der Waals surface area (Å²) >= 11 is 0. The van der Waals surface area contributed by atoms with Crippen molar-refractivity contribution in [3.63, 3.8) is 0 Å². The highest BCUT2D eigenvalue weighted by Gasteiger charge is 2.34. The summed E-state index contributed by atoms with van der Waals surface area (Å²) in [6.45, 7) is 0. The summed E-state index contributed by atoms with van der Waals surface area (Å²) in [7, 11) is 0. The Morgan fingerprint density at radius 1 is 0.967 bits per heavy atom. The fourth-order valence-corrected chi connectivity index (χ4v) is 5.85. The fraction of sp³-hybridized carbons (Fsp3) is 0.600. The molecule has 0 radical (unpaired) electrons. The lowest BCUT2D eigenvalue weighted by Gasteiger charge is -2.41. The quantitative estimate of drug-likeness (QED) is 0.733. The van der Waals surface area contributed by atoms with E-state index in [1.807, 2.05) is 24.3 Å². The number of hydrogen-bond donors (Lipinski definition) is 1. The zero-order valence-electron chi connectivity index (χ0n) is 17.7. The summed E-state index contributed by atoms with van der Waals surface area (Å²) in [4.78, 5) is 15.8. The molecule has 2 aromatic rings. The van der Waals surface area contributed by atoms with E-state index in [0.29, 0.717) is 23.5 Å². The lowest BCUT2D eigenvalue weighted by Crippen LogP contribution is -2.48. The molecule has 5 heteroatoms. The predicted molar refractivity (Wildman–Crippen MR) is 115 cm³/mol. The monoisotopic (exact) mass is 408 g/mol. The maximum Gasteiger partial charge on any atom is 0.276 e. The van der Waals surface area contributed by atoms with Gasteiger partial charge in [0.1, 0.15) is 0 Å². The summed E-state index contributed by atoms with van der Waals surface area (Å²) in [5.74, 6) is 0.674. The first-order valence-electron chi connectivity index (χ1n) is 11.8. The van der Waals surface area contributed by atoms with E-state index in [1.54, 1.807) is 0 Å². The van der Waals surface area contributed by atoms with E-state index in [-0.39, 0.29) is 5.91 Å². The van der Waals surface area contributed by atoms with Gasteiger partial charge in [0.2, 0.25) is 0 Å². The number of hydrogen-bond acceptors (Lipinski definition) is 4. The highest BCUT2D eigenvalue weighted by Crippen LogP contribution is 2.38. The van der Waals surface area contributed by atoms with Crippen LogP contribution < -0.4 is 0 Å². The highest BCUT2D eigenvalue weighted by molar-refractivity contribution is 5.93. The molecule has 1 amide bonds. The Balaban J connectivity index is 1.43. The Hall–Kier alpha value is -2.14. The Morgan fingerprint density at radius 3 is 2.30 bits per heavy atom. The Bertz CT molecular complexity index is 876. The number of aromatic nitrogens is 1. The third-order valence-corrected chi connectivity index (χ3v) is 7.40. The Kier molecular flexibility index (Phi) is 5.64. The van der Waals surface area contributed by atoms with Crippen molar-refractivity contribution in [2.45, 2.75) is 95.2 Å². The van der Waals surface area contributed by atoms with Crippen LogP contribution in [0.3, 0.4) is 0 Å². The second-order valence-corrected chi connectivity index (χ2v) is 9.30. The maximum atomic E-state index is 13.6. The zero-order valence-corrected chi connectivity index (χ0v) is 17.7. The van der Waals surface area contributed by atoms with Gasteiger partial charge in [-0.3, -0.25) is 4.79 Å². The number of fused-ring (bicyclic) bond motifs is 1. The minimum absolute atomic E-state index is 0.0383. The van der Waals surface area contributed by atoms with Gasteiger partial charge in [0.25, 0.3) is 5.91 Å². The van der Waals surface area contributed by atoms with Crippen molar-refractivity contribution in [1.82, 2.24) is 10.1 Å². The van der Waals surface area contributed by atoms with Crippen LogP contribution >= 0.6 is 0 Å². The van der Waals surface area contributed by atoms with Crippen LogP contribution in [0.2, 0.25) is 0 Å². The minimum Gasteiger partial charge on any atom is -0.388 e. The average molecular weight is 409 g/mol. The molecule has 2 saturated carbocycles. The van der Waals surface area contributed by atoms with E-state index in [4.69, 9.17) is 4.52 Å². The molecule has 0 spiro atoms. The second-order valence-electron chi connectivity index (χ2n) is 9.30. The first-order chi connectivity index (χ1) is 14.7. The summed E-state index contributed by atoms with van der Waals surface area (Å²) in [5, 5.41) is 14.4. The van der Waals surface area contributed by atoms with Crippen LogP contribution in [-0.2, 0) is 6.42 Å². The molecule has 3 aliphatic rings. The van der Waals surface area contributed by atoms with Gasteiger partial charge in [-0.1, -0.05) is 61.9 Å². The van der Waals surface area contributed by atoms with Crippen LogP contribution in [0.15, 0.2) is 28.8 Å². The van der Waals surface area contributed by atoms with Gasteiger partial charge in [-0.05, 0) is 49.7 Å². The smallest absolute Gasteiger partial charge is 0.276 e. The number of nitrogens with zero attached hydrogens (tertiary/aromatic N) is 2. The standard InChI is InChI=1S/C25H32N2O3/c28-23-15-14-19-20(23)12-7-13-21(19)24-16-22(26-30-24)25(29)27(17-8-3-1-4-9-17)18-10-5-2-6-11-18/h7,12-13,16-18,23,28H,1-6,8-11,14-15H2. The molecule has 0 bridgehead atoms. The number of amides is 1. The first kappa shape index (κ1) is 19.8. The second kappa shape index (κ2) is 8.54. The number of carbonyl (C=O) groups excluding carboxylic acids is 1. The molecule has 5 nitrogen and oxygen atoms in total. The third kappa shape index (κ3) is 3.68. The summed E-state index contributed by atoms with van der Waals surface area (Å²) in [5.41, 5.74) is 3.48. The molecule has 30 heavy (non-hydrogen) atoms. The lowest BCUT2D eigenvalue weighted by atomic mass is 9.88. The molecule has 1 atom stereocenters. The molecule has 2 fully saturated rings. The van der Waals surface area contributed by atoms with Crippen LogP contribution in [0.1, 0.15) is 98.3 Å². The molecule has 1 aromatic carbocycles. The van der Waals surface area contributed by atoms with Crippen molar-refractivity contribution in [3.8, 4) is 11.3 Å². The predicted octanol–water partition coefficient (Wildman–Crippen LogP) is 5.43. The van der Waals surface area contributed by atoms with E-state index >= 15 is 0 Å². The zero-order chi connectivity index (χ0) is 20.5. The van der Waals surface area contributed by atoms with Gasteiger partial charge in [-0.2, -0.15) is 0 Å². The van der Waals surface area contributed by atoms with E-state index in [0.717, 1.165) is 55.2 Å². The molecule has 1 N–H and O–H groups in total. The third-order valence-electron chi connectivity index (χ3n) is 7.40. The van der Waals surface area contributed by atoms with Gasteiger partial charge in [0.05, 0.1) is 6.10 Å². The summed E-state index contributed by atoms with van der Waals surface area (Å²) < 4.78 is 5.68. The maximum absolute atomic E-state index is 13.6. The molecule has 1 aromatic heterocycles. The molecule has 0 saturated heterocycles. The van der Waals surface area contributed by atoms with E-state index in [2.05, 4.69) is 10.1 Å². The van der Waals surface area contributed by atoms with Crippen LogP contribution in [0.4, 0.5) is 0 Å². The van der Waals surface area contributed by atoms with Crippen molar-refractivity contribution in [3.05, 3.63) is 41.1 Å². The molecule has 160 valence electrons. The molecule has 0 aliphatic heterocycles. The topological polar surface area (TPSA) is 66.6 Å². The number of benzene rings is 1. The molecule has 3 aliphatic carbocycles. The minimum atomic E-state index is -0.405. The van der Waals surface area contributed by atoms with Crippen LogP contribution in [0.5, 0.6) is 0 Å². The highest BCUT2D eigenvalue weighted by atomic mass is 16.5. The van der Waals surface area contributed by atoms with Gasteiger partial charge in [-0.25, -0.2) is 0 Å². The van der Waals surface area contributed by atoms with E-state index in [1.165, 1.54) is 38.5 Å². The van der Waals surface area contributed by atoms with Crippen LogP contribution in [0, 0.1) is 0 Å². The molecule has 1 heterocycles. The van der Waals surface area contributed by atoms with Gasteiger partial charge < -0.3 is 14.5 Å². The van der Waals surface area contributed by atoms with Gasteiger partial charge >= 0.3 is 0 Å². The molecule has 5 rings (SSSR count). The van der Waals surface area contributed by atoms with Crippen LogP contribution in [0.25, 0.3) is 11.3 Å². The average Bonchev–Trinajstić information content (AvgIpc) is 3.43. The summed E-state index contributed by atoms with van der Waals surface area (Å²) in [6.07, 6.45) is 13.0. The van der Waals surface area contributed by atoms with Crippen molar-refractivity contribution < 1.29 is 14.4 Å². The molecular formula is C25H32N2O3. The number of rotatable bonds is 4. The molecular weight excluding hydrogens is 376 g/mol. The van der Waals surface area contributed by atoms with Gasteiger partial charge in [0.15, 0.2) is 11.5 Å². The SMILES string of the molecule is O=C(c1cc(-c2cccc3c2CCC3O)on1)N(C1CCCCC1)C1CCCCC1. The number of aliphatic hydroxyl groups is 1. The van der Waals surface area contributed by atoms with Crippen molar-refractivity contribution in [1.29, 1.82) is 0 Å². The largest absolute Gasteiger partial charge is 0.388 e. The van der Waals surface area contributed by atoms with Gasteiger partial charge in [-0.15, -0.1) is 0 Å². The number of carbonyl (C=O) groups is 1. The van der Waals surface area contributed by atoms with E-state index in [9.17, 15) is 9.90 Å². The lowest BCUT2D eigenvalue weighted by molar-refractivity contribution is 0.0438. The van der Waals surface area contributed by atoms with Crippen molar-refractivity contribution in [2.75, 3.05) is 0 Å². The van der Waals surface area contributed by atoms with Crippen LogP contribution in [-0.4, -0.2) is 33.2 Å². The van der Waals surface area contributed by atoms with E-state index < -0.39 is 6.10 Å². The van der Waals surface area contributed by atoms with Crippen molar-refractivity contribution >= 4 is 5.91 Å². The van der Waals surface area contributed by atoms with Gasteiger partial charge in [0, 0.05) is 23.7 Å².